The first-order valence-corrected chi connectivity index (χ1v) is 7.44. The molecular formula is C16H19N5O2. The Morgan fingerprint density at radius 1 is 1.39 bits per heavy atom. The molecule has 0 amide bonds. The normalized spacial score (nSPS) is 11.4. The van der Waals surface area contributed by atoms with Crippen molar-refractivity contribution in [2.24, 2.45) is 0 Å². The van der Waals surface area contributed by atoms with E-state index in [2.05, 4.69) is 20.2 Å². The van der Waals surface area contributed by atoms with Crippen molar-refractivity contribution in [1.29, 1.82) is 0 Å². The number of nitrogens with one attached hydrogen (secondary N) is 1. The van der Waals surface area contributed by atoms with E-state index >= 15 is 0 Å². The summed E-state index contributed by atoms with van der Waals surface area (Å²) in [5.74, 6) is -0.376. The molecule has 0 aliphatic rings. The number of nitrogens with zero attached hydrogens (tertiary/aromatic N) is 4. The van der Waals surface area contributed by atoms with Crippen LogP contribution in [0, 0.1) is 0 Å². The van der Waals surface area contributed by atoms with Crippen molar-refractivity contribution in [3.8, 4) is 0 Å². The molecule has 0 bridgehead atoms. The average molecular weight is 313 g/mol. The molecule has 0 aliphatic carbocycles. The maximum Gasteiger partial charge on any atom is 0.338 e. The third-order valence-corrected chi connectivity index (χ3v) is 3.69. The van der Waals surface area contributed by atoms with Gasteiger partial charge in [-0.3, -0.25) is 4.98 Å². The second-order valence-corrected chi connectivity index (χ2v) is 5.66. The predicted octanol–water partition coefficient (Wildman–Crippen LogP) is 1.94. The Labute approximate surface area is 133 Å². The van der Waals surface area contributed by atoms with Crippen molar-refractivity contribution >= 4 is 28.3 Å². The zero-order valence-electron chi connectivity index (χ0n) is 13.2. The molecule has 0 spiro atoms. The van der Waals surface area contributed by atoms with Crippen LogP contribution in [0.5, 0.6) is 0 Å². The molecule has 0 aliphatic heterocycles. The molecular weight excluding hydrogens is 294 g/mol. The van der Waals surface area contributed by atoms with Crippen LogP contribution in [0.3, 0.4) is 0 Å². The molecule has 3 rings (SSSR count). The van der Waals surface area contributed by atoms with Crippen molar-refractivity contribution in [3.63, 3.8) is 0 Å². The largest absolute Gasteiger partial charge is 0.478 e. The van der Waals surface area contributed by atoms with Crippen LogP contribution in [0.4, 0.5) is 5.82 Å². The van der Waals surface area contributed by atoms with Crippen molar-refractivity contribution in [2.75, 3.05) is 32.5 Å². The molecule has 2 N–H and O–H groups in total. The Bertz CT molecular complexity index is 856. The third kappa shape index (κ3) is 2.95. The number of carboxylic acid groups (broad SMARTS) is 1. The fourth-order valence-corrected chi connectivity index (χ4v) is 2.60. The van der Waals surface area contributed by atoms with Crippen molar-refractivity contribution in [2.45, 2.75) is 6.42 Å². The van der Waals surface area contributed by atoms with E-state index in [0.29, 0.717) is 11.3 Å². The number of rotatable bonds is 6. The van der Waals surface area contributed by atoms with Crippen LogP contribution in [0.1, 0.15) is 16.8 Å². The van der Waals surface area contributed by atoms with E-state index < -0.39 is 5.97 Å². The molecule has 3 aromatic heterocycles. The van der Waals surface area contributed by atoms with Gasteiger partial charge in [0.1, 0.15) is 5.52 Å². The van der Waals surface area contributed by atoms with E-state index in [9.17, 15) is 9.90 Å². The minimum atomic E-state index is -0.964. The molecule has 0 saturated heterocycles. The number of aromatic carboxylic acids is 1. The van der Waals surface area contributed by atoms with Crippen LogP contribution in [0.15, 0.2) is 30.7 Å². The highest BCUT2D eigenvalue weighted by Crippen LogP contribution is 2.25. The van der Waals surface area contributed by atoms with E-state index in [1.54, 1.807) is 24.7 Å². The van der Waals surface area contributed by atoms with E-state index in [-0.39, 0.29) is 5.56 Å². The number of hydrogen-bond donors (Lipinski definition) is 2. The molecule has 0 fully saturated rings. The Balaban J connectivity index is 2.05. The number of aromatic nitrogens is 3. The highest BCUT2D eigenvalue weighted by atomic mass is 16.4. The van der Waals surface area contributed by atoms with Crippen LogP contribution in [-0.4, -0.2) is 57.5 Å². The minimum Gasteiger partial charge on any atom is -0.478 e. The maximum absolute atomic E-state index is 11.5. The first kappa shape index (κ1) is 15.2. The standard InChI is InChI=1S/C16H19N5O2/c1-20(2)8-3-6-18-15-14-11(16(22)23)5-9-21(14)13-10-17-7-4-12(13)19-15/h4-5,7,9-10H,3,6,8H2,1-2H3,(H,18,19)(H,22,23). The molecule has 3 aromatic rings. The van der Waals surface area contributed by atoms with Crippen LogP contribution in [-0.2, 0) is 0 Å². The van der Waals surface area contributed by atoms with Crippen LogP contribution < -0.4 is 5.32 Å². The zero-order chi connectivity index (χ0) is 16.4. The summed E-state index contributed by atoms with van der Waals surface area (Å²) in [6.45, 7) is 1.68. The zero-order valence-corrected chi connectivity index (χ0v) is 13.2. The Morgan fingerprint density at radius 2 is 2.22 bits per heavy atom. The lowest BCUT2D eigenvalue weighted by atomic mass is 10.2. The summed E-state index contributed by atoms with van der Waals surface area (Å²) in [5, 5.41) is 12.7. The van der Waals surface area contributed by atoms with Gasteiger partial charge >= 0.3 is 5.97 Å². The lowest BCUT2D eigenvalue weighted by Crippen LogP contribution is -2.17. The van der Waals surface area contributed by atoms with Gasteiger partial charge in [-0.15, -0.1) is 0 Å². The predicted molar refractivity (Wildman–Crippen MR) is 89.1 cm³/mol. The second kappa shape index (κ2) is 6.21. The van der Waals surface area contributed by atoms with Crippen molar-refractivity contribution < 1.29 is 9.90 Å². The summed E-state index contributed by atoms with van der Waals surface area (Å²) in [7, 11) is 4.05. The maximum atomic E-state index is 11.5. The molecule has 7 nitrogen and oxygen atoms in total. The molecule has 0 aromatic carbocycles. The van der Waals surface area contributed by atoms with Gasteiger partial charge in [0.25, 0.3) is 0 Å². The molecule has 0 atom stereocenters. The molecule has 0 saturated carbocycles. The average Bonchev–Trinajstić information content (AvgIpc) is 2.97. The lowest BCUT2D eigenvalue weighted by molar-refractivity contribution is 0.0699. The van der Waals surface area contributed by atoms with E-state index in [4.69, 9.17) is 0 Å². The third-order valence-electron chi connectivity index (χ3n) is 3.69. The fraction of sp³-hybridized carbons (Fsp3) is 0.312. The molecule has 0 unspecified atom stereocenters. The van der Waals surface area contributed by atoms with E-state index in [0.717, 1.165) is 30.5 Å². The van der Waals surface area contributed by atoms with E-state index in [1.165, 1.54) is 0 Å². The van der Waals surface area contributed by atoms with Crippen molar-refractivity contribution in [3.05, 3.63) is 36.3 Å². The number of anilines is 1. The van der Waals surface area contributed by atoms with Gasteiger partial charge in [0.15, 0.2) is 5.82 Å². The summed E-state index contributed by atoms with van der Waals surface area (Å²) in [4.78, 5) is 22.3. The first-order valence-electron chi connectivity index (χ1n) is 7.44. The Morgan fingerprint density at radius 3 is 2.96 bits per heavy atom. The van der Waals surface area contributed by atoms with Gasteiger partial charge in [0.05, 0.1) is 22.8 Å². The van der Waals surface area contributed by atoms with Crippen LogP contribution in [0.2, 0.25) is 0 Å². The van der Waals surface area contributed by atoms with Gasteiger partial charge < -0.3 is 19.7 Å². The summed E-state index contributed by atoms with van der Waals surface area (Å²) in [5.41, 5.74) is 2.37. The Hall–Kier alpha value is -2.67. The summed E-state index contributed by atoms with van der Waals surface area (Å²) < 4.78 is 1.83. The highest BCUT2D eigenvalue weighted by Gasteiger charge is 2.17. The van der Waals surface area contributed by atoms with Crippen molar-refractivity contribution in [1.82, 2.24) is 19.3 Å². The Kier molecular flexibility index (Phi) is 4.12. The van der Waals surface area contributed by atoms with E-state index in [1.807, 2.05) is 24.6 Å². The highest BCUT2D eigenvalue weighted by molar-refractivity contribution is 6.01. The molecule has 3 heterocycles. The SMILES string of the molecule is CN(C)CCCNc1nc2ccncc2n2ccc(C(=O)O)c12. The fourth-order valence-electron chi connectivity index (χ4n) is 2.60. The number of carbonyl (C=O) groups is 1. The van der Waals surface area contributed by atoms with Crippen LogP contribution in [0.25, 0.3) is 16.6 Å². The number of fused-ring (bicyclic) bond motifs is 3. The summed E-state index contributed by atoms with van der Waals surface area (Å²) >= 11 is 0. The lowest BCUT2D eigenvalue weighted by Gasteiger charge is -2.13. The monoisotopic (exact) mass is 313 g/mol. The summed E-state index contributed by atoms with van der Waals surface area (Å²) in [6, 6.07) is 3.41. The molecule has 0 radical (unpaired) electrons. The second-order valence-electron chi connectivity index (χ2n) is 5.66. The number of hydrogen-bond acceptors (Lipinski definition) is 5. The van der Waals surface area contributed by atoms with Gasteiger partial charge in [-0.1, -0.05) is 0 Å². The minimum absolute atomic E-state index is 0.235. The van der Waals surface area contributed by atoms with Gasteiger partial charge in [-0.05, 0) is 39.2 Å². The first-order chi connectivity index (χ1) is 11.1. The van der Waals surface area contributed by atoms with Crippen LogP contribution >= 0.6 is 0 Å². The molecule has 7 heteroatoms. The van der Waals surface area contributed by atoms with Gasteiger partial charge in [-0.2, -0.15) is 0 Å². The van der Waals surface area contributed by atoms with Gasteiger partial charge in [0.2, 0.25) is 0 Å². The van der Waals surface area contributed by atoms with Gasteiger partial charge in [-0.25, -0.2) is 9.78 Å². The smallest absolute Gasteiger partial charge is 0.338 e. The quantitative estimate of drug-likeness (QED) is 0.677. The molecule has 120 valence electrons. The topological polar surface area (TPSA) is 82.8 Å². The summed E-state index contributed by atoms with van der Waals surface area (Å²) in [6.07, 6.45) is 6.06. The number of pyridine rings is 1. The molecule has 23 heavy (non-hydrogen) atoms. The van der Waals surface area contributed by atoms with Gasteiger partial charge in [0, 0.05) is 18.9 Å². The number of carboxylic acids is 1.